The van der Waals surface area contributed by atoms with Crippen molar-refractivity contribution in [2.75, 3.05) is 6.54 Å². The molecule has 0 saturated heterocycles. The molecule has 26 heavy (non-hydrogen) atoms. The Bertz CT molecular complexity index is 935. The Morgan fingerprint density at radius 3 is 2.62 bits per heavy atom. The van der Waals surface area contributed by atoms with Crippen molar-refractivity contribution in [2.24, 2.45) is 5.73 Å². The molecule has 1 aromatic heterocycles. The fourth-order valence-electron chi connectivity index (χ4n) is 2.48. The van der Waals surface area contributed by atoms with Crippen molar-refractivity contribution in [1.29, 1.82) is 0 Å². The van der Waals surface area contributed by atoms with Gasteiger partial charge < -0.3 is 10.5 Å². The first kappa shape index (κ1) is 18.1. The van der Waals surface area contributed by atoms with Crippen LogP contribution >= 0.6 is 0 Å². The Balaban J connectivity index is 1.84. The third-order valence-corrected chi connectivity index (χ3v) is 5.59. The van der Waals surface area contributed by atoms with Crippen LogP contribution in [0.4, 0.5) is 8.78 Å². The van der Waals surface area contributed by atoms with Gasteiger partial charge in [0.05, 0.1) is 23.3 Å². The lowest BCUT2D eigenvalue weighted by molar-refractivity contribution is -0.0498. The Morgan fingerprint density at radius 2 is 2.00 bits per heavy atom. The van der Waals surface area contributed by atoms with Crippen molar-refractivity contribution in [3.8, 4) is 5.75 Å². The number of carbonyl (C=O) groups excluding carboxylic acids is 1. The van der Waals surface area contributed by atoms with Crippen LogP contribution in [0.25, 0.3) is 0 Å². The van der Waals surface area contributed by atoms with E-state index in [1.54, 1.807) is 0 Å². The molecule has 2 aromatic rings. The van der Waals surface area contributed by atoms with Crippen LogP contribution in [0.2, 0.25) is 0 Å². The van der Waals surface area contributed by atoms with E-state index in [2.05, 4.69) is 20.9 Å². The van der Waals surface area contributed by atoms with Crippen LogP contribution in [0, 0.1) is 6.20 Å². The molecule has 11 heteroatoms. The van der Waals surface area contributed by atoms with Crippen LogP contribution in [-0.4, -0.2) is 41.8 Å². The van der Waals surface area contributed by atoms with Gasteiger partial charge in [0.2, 0.25) is 15.8 Å². The average molecular weight is 383 g/mol. The second-order valence-electron chi connectivity index (χ2n) is 5.39. The summed E-state index contributed by atoms with van der Waals surface area (Å²) in [6.07, 6.45) is 2.97. The molecule has 1 aliphatic rings. The maximum Gasteiger partial charge on any atom is 0.387 e. The molecular weight excluding hydrogens is 370 g/mol. The van der Waals surface area contributed by atoms with E-state index in [0.29, 0.717) is 17.7 Å². The lowest BCUT2D eigenvalue weighted by Crippen LogP contribution is -2.37. The number of nitrogens with two attached hydrogens (primary N) is 1. The summed E-state index contributed by atoms with van der Waals surface area (Å²) in [6.45, 7) is -2.90. The zero-order chi connectivity index (χ0) is 18.9. The maximum absolute atomic E-state index is 12.7. The van der Waals surface area contributed by atoms with Crippen molar-refractivity contribution in [2.45, 2.75) is 24.5 Å². The number of fused-ring (bicyclic) bond motifs is 1. The first-order chi connectivity index (χ1) is 12.3. The highest BCUT2D eigenvalue weighted by atomic mass is 32.2. The van der Waals surface area contributed by atoms with Crippen LogP contribution in [0.5, 0.6) is 5.75 Å². The predicted octanol–water partition coefficient (Wildman–Crippen LogP) is 0.724. The topological polar surface area (TPSA) is 115 Å². The van der Waals surface area contributed by atoms with Gasteiger partial charge in [0, 0.05) is 12.1 Å². The summed E-state index contributed by atoms with van der Waals surface area (Å²) in [5.74, 6) is -1.22. The van der Waals surface area contributed by atoms with Gasteiger partial charge in [0.15, 0.2) is 0 Å². The summed E-state index contributed by atoms with van der Waals surface area (Å²) in [5.41, 5.74) is 6.09. The van der Waals surface area contributed by atoms with E-state index >= 15 is 0 Å². The van der Waals surface area contributed by atoms with Gasteiger partial charge in [-0.15, -0.1) is 0 Å². The number of rotatable bonds is 5. The van der Waals surface area contributed by atoms with Crippen LogP contribution in [0.1, 0.15) is 21.9 Å². The van der Waals surface area contributed by atoms with E-state index in [9.17, 15) is 22.0 Å². The highest BCUT2D eigenvalue weighted by Gasteiger charge is 2.30. The smallest absolute Gasteiger partial charge is 0.387 e. The molecule has 0 unspecified atom stereocenters. The van der Waals surface area contributed by atoms with Gasteiger partial charge in [0.25, 0.3) is 5.91 Å². The Labute approximate surface area is 147 Å². The molecule has 0 bridgehead atoms. The largest absolute Gasteiger partial charge is 0.435 e. The molecule has 1 amide bonds. The number of alkyl halides is 2. The average Bonchev–Trinajstić information content (AvgIpc) is 2.60. The minimum absolute atomic E-state index is 0.0734. The molecule has 1 aliphatic heterocycles. The molecule has 0 saturated carbocycles. The van der Waals surface area contributed by atoms with Crippen LogP contribution in [0.15, 0.2) is 29.2 Å². The van der Waals surface area contributed by atoms with E-state index in [1.807, 2.05) is 0 Å². The lowest BCUT2D eigenvalue weighted by Gasteiger charge is -2.27. The minimum atomic E-state index is -3.88. The fourth-order valence-corrected chi connectivity index (χ4v) is 3.88. The third-order valence-electron chi connectivity index (χ3n) is 3.73. The summed E-state index contributed by atoms with van der Waals surface area (Å²) in [6, 6.07) is 4.67. The van der Waals surface area contributed by atoms with E-state index < -0.39 is 22.5 Å². The van der Waals surface area contributed by atoms with E-state index in [-0.39, 0.29) is 29.6 Å². The van der Waals surface area contributed by atoms with Crippen molar-refractivity contribution in [1.82, 2.24) is 14.3 Å². The highest BCUT2D eigenvalue weighted by Crippen LogP contribution is 2.25. The van der Waals surface area contributed by atoms with Crippen molar-refractivity contribution in [3.05, 3.63) is 47.5 Å². The SMILES string of the molecule is NC(=O)c1n[c]c2c(n1)CN(S(=O)(=O)c1ccc(OC(F)F)cc1)CC2. The van der Waals surface area contributed by atoms with Gasteiger partial charge in [-0.3, -0.25) is 4.79 Å². The van der Waals surface area contributed by atoms with Gasteiger partial charge in [-0.25, -0.2) is 18.4 Å². The molecule has 2 heterocycles. The number of aromatic nitrogens is 2. The summed E-state index contributed by atoms with van der Waals surface area (Å²) in [7, 11) is -3.88. The highest BCUT2D eigenvalue weighted by molar-refractivity contribution is 7.89. The number of amides is 1. The molecule has 0 atom stereocenters. The number of carbonyl (C=O) groups is 1. The molecule has 2 N–H and O–H groups in total. The number of ether oxygens (including phenoxy) is 1. The van der Waals surface area contributed by atoms with Gasteiger partial charge in [-0.05, 0) is 30.7 Å². The first-order valence-electron chi connectivity index (χ1n) is 7.39. The minimum Gasteiger partial charge on any atom is -0.435 e. The lowest BCUT2D eigenvalue weighted by atomic mass is 10.1. The number of primary amides is 1. The Kier molecular flexibility index (Phi) is 4.83. The van der Waals surface area contributed by atoms with Crippen LogP contribution in [0.3, 0.4) is 0 Å². The monoisotopic (exact) mass is 383 g/mol. The first-order valence-corrected chi connectivity index (χ1v) is 8.83. The van der Waals surface area contributed by atoms with Gasteiger partial charge in [-0.1, -0.05) is 0 Å². The van der Waals surface area contributed by atoms with E-state index in [1.165, 1.54) is 16.4 Å². The summed E-state index contributed by atoms with van der Waals surface area (Å²) in [5, 5.41) is 0. The fraction of sp³-hybridized carbons (Fsp3) is 0.267. The van der Waals surface area contributed by atoms with Gasteiger partial charge in [0.1, 0.15) is 5.75 Å². The molecule has 1 aromatic carbocycles. The molecule has 8 nitrogen and oxygen atoms in total. The van der Waals surface area contributed by atoms with Crippen molar-refractivity contribution in [3.63, 3.8) is 0 Å². The molecule has 0 aliphatic carbocycles. The summed E-state index contributed by atoms with van der Waals surface area (Å²) < 4.78 is 55.2. The second-order valence-corrected chi connectivity index (χ2v) is 7.32. The Morgan fingerprint density at radius 1 is 1.31 bits per heavy atom. The number of hydrogen-bond acceptors (Lipinski definition) is 6. The third kappa shape index (κ3) is 3.63. The quantitative estimate of drug-likeness (QED) is 0.814. The van der Waals surface area contributed by atoms with E-state index in [0.717, 1.165) is 12.1 Å². The second kappa shape index (κ2) is 6.92. The normalized spacial score (nSPS) is 14.9. The van der Waals surface area contributed by atoms with E-state index in [4.69, 9.17) is 5.73 Å². The predicted molar refractivity (Wildman–Crippen MR) is 83.8 cm³/mol. The van der Waals surface area contributed by atoms with Crippen molar-refractivity contribution < 1.29 is 26.7 Å². The van der Waals surface area contributed by atoms with Crippen molar-refractivity contribution >= 4 is 15.9 Å². The zero-order valence-corrected chi connectivity index (χ0v) is 14.0. The molecule has 137 valence electrons. The van der Waals surface area contributed by atoms with Crippen LogP contribution < -0.4 is 10.5 Å². The number of halogens is 2. The zero-order valence-electron chi connectivity index (χ0n) is 13.2. The molecule has 0 spiro atoms. The summed E-state index contributed by atoms with van der Waals surface area (Å²) >= 11 is 0. The maximum atomic E-state index is 12.7. The van der Waals surface area contributed by atoms with Gasteiger partial charge in [-0.2, -0.15) is 13.1 Å². The van der Waals surface area contributed by atoms with Gasteiger partial charge >= 0.3 is 6.61 Å². The number of hydrogen-bond donors (Lipinski definition) is 1. The Hall–Kier alpha value is -2.66. The number of nitrogens with zero attached hydrogens (tertiary/aromatic N) is 3. The number of sulfonamides is 1. The standard InChI is InChI=1S/C15H13F2N4O4S/c16-15(17)25-10-1-3-11(4-2-10)26(23,24)21-6-5-9-7-19-14(13(18)22)20-12(9)8-21/h1-4,15H,5-6,8H2,(H2,18,22). The molecule has 1 radical (unpaired) electrons. The molecule has 0 fully saturated rings. The summed E-state index contributed by atoms with van der Waals surface area (Å²) in [4.78, 5) is 18.8. The molecular formula is C15H13F2N4O4S. The molecule has 3 rings (SSSR count). The van der Waals surface area contributed by atoms with Crippen LogP contribution in [-0.2, 0) is 23.0 Å². The number of benzene rings is 1.